The Morgan fingerprint density at radius 2 is 1.80 bits per heavy atom. The molecule has 7 nitrogen and oxygen atoms in total. The average molecular weight is 425 g/mol. The van der Waals surface area contributed by atoms with Crippen molar-refractivity contribution >= 4 is 29.2 Å². The summed E-state index contributed by atoms with van der Waals surface area (Å²) in [4.78, 5) is 43.6. The predicted octanol–water partition coefficient (Wildman–Crippen LogP) is 3.44. The van der Waals surface area contributed by atoms with Crippen LogP contribution in [0.2, 0.25) is 5.02 Å². The first-order valence-electron chi connectivity index (χ1n) is 9.61. The third-order valence-electron chi connectivity index (χ3n) is 5.43. The quantitative estimate of drug-likeness (QED) is 0.650. The Hall–Kier alpha value is -3.19. The van der Waals surface area contributed by atoms with E-state index in [-0.39, 0.29) is 18.0 Å². The summed E-state index contributed by atoms with van der Waals surface area (Å²) in [6, 6.07) is 11.7. The van der Waals surface area contributed by atoms with E-state index in [1.807, 2.05) is 24.3 Å². The van der Waals surface area contributed by atoms with Crippen LogP contribution in [-0.4, -0.2) is 26.2 Å². The van der Waals surface area contributed by atoms with Crippen molar-refractivity contribution in [3.05, 3.63) is 80.9 Å². The lowest BCUT2D eigenvalue weighted by Gasteiger charge is -2.23. The number of hydrogen-bond donors (Lipinski definition) is 1. The largest absolute Gasteiger partial charge is 0.325 e. The molecule has 3 amide bonds. The van der Waals surface area contributed by atoms with Crippen LogP contribution in [-0.2, 0) is 16.9 Å². The first-order chi connectivity index (χ1) is 14.2. The van der Waals surface area contributed by atoms with E-state index < -0.39 is 11.6 Å². The fourth-order valence-corrected chi connectivity index (χ4v) is 3.77. The normalized spacial score (nSPS) is 19.0. The standard InChI is InChI=1S/C22H21ClN4O3/c1-13(2)14-4-6-15(7-5-14)22(3)20(29)27(21(30)25-22)12-17-10-19(28)26-11-16(23)8-9-18(26)24-17/h4-11,13H,12H2,1-3H3,(H,25,30). The van der Waals surface area contributed by atoms with E-state index in [9.17, 15) is 14.4 Å². The second-order valence-electron chi connectivity index (χ2n) is 7.88. The maximum absolute atomic E-state index is 13.2. The van der Waals surface area contributed by atoms with Crippen LogP contribution in [0.1, 0.15) is 43.5 Å². The second kappa shape index (κ2) is 7.25. The van der Waals surface area contributed by atoms with E-state index in [0.29, 0.717) is 27.8 Å². The monoisotopic (exact) mass is 424 g/mol. The van der Waals surface area contributed by atoms with Crippen LogP contribution in [0, 0.1) is 0 Å². The maximum atomic E-state index is 13.2. The molecular weight excluding hydrogens is 404 g/mol. The average Bonchev–Trinajstić information content (AvgIpc) is 2.93. The number of halogens is 1. The van der Waals surface area contributed by atoms with Gasteiger partial charge in [-0.1, -0.05) is 49.7 Å². The van der Waals surface area contributed by atoms with Crippen molar-refractivity contribution in [2.45, 2.75) is 38.8 Å². The van der Waals surface area contributed by atoms with E-state index in [1.54, 1.807) is 19.1 Å². The lowest BCUT2D eigenvalue weighted by Crippen LogP contribution is -2.40. The van der Waals surface area contributed by atoms with Crippen LogP contribution in [0.25, 0.3) is 5.65 Å². The van der Waals surface area contributed by atoms with Crippen molar-refractivity contribution in [1.29, 1.82) is 0 Å². The second-order valence-corrected chi connectivity index (χ2v) is 8.32. The Bertz CT molecular complexity index is 1220. The summed E-state index contributed by atoms with van der Waals surface area (Å²) in [6.07, 6.45) is 1.47. The SMILES string of the molecule is CC(C)c1ccc(C2(C)NC(=O)N(Cc3cc(=O)n4cc(Cl)ccc4n3)C2=O)cc1. The van der Waals surface area contributed by atoms with Gasteiger partial charge < -0.3 is 5.32 Å². The van der Waals surface area contributed by atoms with Crippen molar-refractivity contribution < 1.29 is 9.59 Å². The fourth-order valence-electron chi connectivity index (χ4n) is 3.61. The van der Waals surface area contributed by atoms with Gasteiger partial charge in [0.1, 0.15) is 11.2 Å². The van der Waals surface area contributed by atoms with E-state index in [0.717, 1.165) is 10.5 Å². The number of nitrogens with one attached hydrogen (secondary N) is 1. The minimum Gasteiger partial charge on any atom is -0.319 e. The molecule has 3 aromatic rings. The molecule has 8 heteroatoms. The molecule has 0 bridgehead atoms. The maximum Gasteiger partial charge on any atom is 0.325 e. The molecule has 2 aromatic heterocycles. The molecule has 1 atom stereocenters. The van der Waals surface area contributed by atoms with Gasteiger partial charge >= 0.3 is 6.03 Å². The lowest BCUT2D eigenvalue weighted by atomic mass is 9.90. The van der Waals surface area contributed by atoms with Crippen molar-refractivity contribution in [2.75, 3.05) is 0 Å². The highest BCUT2D eigenvalue weighted by molar-refractivity contribution is 6.30. The minimum atomic E-state index is -1.17. The van der Waals surface area contributed by atoms with Gasteiger partial charge in [-0.2, -0.15) is 0 Å². The number of carbonyl (C=O) groups excluding carboxylic acids is 2. The number of aromatic nitrogens is 2. The Labute approximate surface area is 178 Å². The molecule has 3 heterocycles. The highest BCUT2D eigenvalue weighted by atomic mass is 35.5. The first-order valence-corrected chi connectivity index (χ1v) is 9.99. The Morgan fingerprint density at radius 1 is 1.10 bits per heavy atom. The van der Waals surface area contributed by atoms with E-state index in [1.165, 1.54) is 16.7 Å². The summed E-state index contributed by atoms with van der Waals surface area (Å²) in [6.45, 7) is 5.77. The molecule has 4 rings (SSSR count). The van der Waals surface area contributed by atoms with Gasteiger partial charge in [-0.3, -0.25) is 18.9 Å². The predicted molar refractivity (Wildman–Crippen MR) is 113 cm³/mol. The van der Waals surface area contributed by atoms with Crippen LogP contribution in [0.5, 0.6) is 0 Å². The number of urea groups is 1. The van der Waals surface area contributed by atoms with Gasteiger partial charge in [0, 0.05) is 12.3 Å². The number of rotatable bonds is 4. The van der Waals surface area contributed by atoms with Crippen LogP contribution in [0.15, 0.2) is 53.5 Å². The van der Waals surface area contributed by atoms with Gasteiger partial charge in [0.15, 0.2) is 0 Å². The Balaban J connectivity index is 1.64. The van der Waals surface area contributed by atoms with E-state index >= 15 is 0 Å². The highest BCUT2D eigenvalue weighted by Gasteiger charge is 2.49. The summed E-state index contributed by atoms with van der Waals surface area (Å²) >= 11 is 5.93. The molecule has 0 saturated carbocycles. The zero-order valence-corrected chi connectivity index (χ0v) is 17.6. The fraction of sp³-hybridized carbons (Fsp3) is 0.273. The third-order valence-corrected chi connectivity index (χ3v) is 5.65. The smallest absolute Gasteiger partial charge is 0.319 e. The first kappa shape index (κ1) is 20.1. The summed E-state index contributed by atoms with van der Waals surface area (Å²) in [5.41, 5.74) is 1.06. The van der Waals surface area contributed by atoms with Crippen molar-refractivity contribution in [1.82, 2.24) is 19.6 Å². The Kier molecular flexibility index (Phi) is 4.86. The van der Waals surface area contributed by atoms with Gasteiger partial charge in [-0.15, -0.1) is 0 Å². The molecule has 1 aliphatic rings. The zero-order chi connectivity index (χ0) is 21.6. The number of hydrogen-bond acceptors (Lipinski definition) is 4. The molecule has 1 fully saturated rings. The van der Waals surface area contributed by atoms with E-state index in [4.69, 9.17) is 11.6 Å². The number of pyridine rings is 1. The summed E-state index contributed by atoms with van der Waals surface area (Å²) < 4.78 is 1.32. The summed E-state index contributed by atoms with van der Waals surface area (Å²) in [5.74, 6) is -0.0202. The number of fused-ring (bicyclic) bond motifs is 1. The third kappa shape index (κ3) is 3.35. The van der Waals surface area contributed by atoms with Crippen LogP contribution in [0.4, 0.5) is 4.79 Å². The van der Waals surface area contributed by atoms with E-state index in [2.05, 4.69) is 24.1 Å². The molecule has 0 spiro atoms. The van der Waals surface area contributed by atoms with Crippen molar-refractivity contribution in [2.24, 2.45) is 0 Å². The number of amides is 3. The van der Waals surface area contributed by atoms with Crippen LogP contribution in [0.3, 0.4) is 0 Å². The number of nitrogens with zero attached hydrogens (tertiary/aromatic N) is 3. The molecule has 0 aliphatic carbocycles. The molecule has 1 aliphatic heterocycles. The summed E-state index contributed by atoms with van der Waals surface area (Å²) in [5, 5.41) is 3.19. The molecule has 1 saturated heterocycles. The van der Waals surface area contributed by atoms with Gasteiger partial charge in [0.25, 0.3) is 11.5 Å². The van der Waals surface area contributed by atoms with Gasteiger partial charge in [0.2, 0.25) is 0 Å². The number of imide groups is 1. The molecule has 154 valence electrons. The minimum absolute atomic E-state index is 0.0985. The van der Waals surface area contributed by atoms with Gasteiger partial charge in [-0.25, -0.2) is 9.78 Å². The van der Waals surface area contributed by atoms with Crippen molar-refractivity contribution in [3.63, 3.8) is 0 Å². The highest BCUT2D eigenvalue weighted by Crippen LogP contribution is 2.30. The topological polar surface area (TPSA) is 83.8 Å². The lowest BCUT2D eigenvalue weighted by molar-refractivity contribution is -0.131. The molecule has 1 unspecified atom stereocenters. The molecule has 1 aromatic carbocycles. The molecule has 0 radical (unpaired) electrons. The van der Waals surface area contributed by atoms with Gasteiger partial charge in [0.05, 0.1) is 17.3 Å². The van der Waals surface area contributed by atoms with Crippen LogP contribution >= 0.6 is 11.6 Å². The summed E-state index contributed by atoms with van der Waals surface area (Å²) in [7, 11) is 0. The molecule has 1 N–H and O–H groups in total. The van der Waals surface area contributed by atoms with Crippen molar-refractivity contribution in [3.8, 4) is 0 Å². The van der Waals surface area contributed by atoms with Gasteiger partial charge in [-0.05, 0) is 36.1 Å². The number of benzene rings is 1. The number of carbonyl (C=O) groups is 2. The molecule has 30 heavy (non-hydrogen) atoms. The zero-order valence-electron chi connectivity index (χ0n) is 16.8. The molecular formula is C22H21ClN4O3. The Morgan fingerprint density at radius 3 is 2.47 bits per heavy atom. The van der Waals surface area contributed by atoms with Crippen LogP contribution < -0.4 is 10.9 Å².